The molecule has 1 aliphatic heterocycles. The Labute approximate surface area is 125 Å². The Kier molecular flexibility index (Phi) is 4.70. The van der Waals surface area contributed by atoms with Crippen LogP contribution >= 0.6 is 0 Å². The van der Waals surface area contributed by atoms with Crippen molar-refractivity contribution in [1.82, 2.24) is 4.31 Å². The summed E-state index contributed by atoms with van der Waals surface area (Å²) >= 11 is 0. The monoisotopic (exact) mass is 309 g/mol. The topological polar surface area (TPSA) is 96.4 Å². The minimum atomic E-state index is -3.71. The van der Waals surface area contributed by atoms with Crippen LogP contribution in [0.5, 0.6) is 5.75 Å². The number of ether oxygens (including phenoxy) is 1. The second kappa shape index (κ2) is 6.33. The number of sulfonamides is 1. The van der Waals surface area contributed by atoms with Crippen molar-refractivity contribution in [3.8, 4) is 11.8 Å². The first-order chi connectivity index (χ1) is 10.0. The number of nitrogen functional groups attached to an aromatic ring is 1. The Hall–Kier alpha value is -1.78. The van der Waals surface area contributed by atoms with Gasteiger partial charge in [-0.2, -0.15) is 9.57 Å². The average Bonchev–Trinajstić information content (AvgIpc) is 2.46. The molecule has 1 aromatic rings. The van der Waals surface area contributed by atoms with Gasteiger partial charge in [0.05, 0.1) is 12.7 Å². The van der Waals surface area contributed by atoms with Crippen LogP contribution in [-0.2, 0) is 16.4 Å². The highest BCUT2D eigenvalue weighted by Crippen LogP contribution is 2.36. The van der Waals surface area contributed by atoms with E-state index in [0.717, 1.165) is 18.4 Å². The van der Waals surface area contributed by atoms with Crippen molar-refractivity contribution in [2.75, 3.05) is 25.4 Å². The van der Waals surface area contributed by atoms with Crippen LogP contribution in [-0.4, -0.2) is 32.4 Å². The molecule has 1 aromatic carbocycles. The third-order valence-electron chi connectivity index (χ3n) is 3.43. The quantitative estimate of drug-likeness (QED) is 0.832. The van der Waals surface area contributed by atoms with Crippen LogP contribution in [0.2, 0.25) is 0 Å². The van der Waals surface area contributed by atoms with E-state index in [0.29, 0.717) is 24.6 Å². The van der Waals surface area contributed by atoms with E-state index in [9.17, 15) is 8.42 Å². The molecule has 0 aliphatic carbocycles. The molecule has 6 nitrogen and oxygen atoms in total. The lowest BCUT2D eigenvalue weighted by molar-refractivity contribution is 0.279. The Bertz CT molecular complexity index is 665. The van der Waals surface area contributed by atoms with E-state index >= 15 is 0 Å². The Balaban J connectivity index is 2.49. The molecule has 21 heavy (non-hydrogen) atoms. The number of nitriles is 1. The van der Waals surface area contributed by atoms with Crippen LogP contribution in [0.25, 0.3) is 0 Å². The molecule has 114 valence electrons. The number of fused-ring (bicyclic) bond motifs is 1. The molecule has 0 saturated heterocycles. The molecule has 0 aromatic heterocycles. The summed E-state index contributed by atoms with van der Waals surface area (Å²) in [5.74, 6) is 0.408. The van der Waals surface area contributed by atoms with E-state index in [4.69, 9.17) is 15.7 Å². The molecule has 0 spiro atoms. The van der Waals surface area contributed by atoms with Crippen molar-refractivity contribution in [2.24, 2.45) is 0 Å². The molecule has 0 bridgehead atoms. The highest BCUT2D eigenvalue weighted by atomic mass is 32.2. The SMILES string of the molecule is CCN(CCC#N)S(=O)(=O)c1cc(N)cc2c1OCCC2. The maximum atomic E-state index is 12.8. The first-order valence-corrected chi connectivity index (χ1v) is 8.37. The van der Waals surface area contributed by atoms with Crippen molar-refractivity contribution in [3.63, 3.8) is 0 Å². The predicted octanol–water partition coefficient (Wildman–Crippen LogP) is 1.52. The summed E-state index contributed by atoms with van der Waals surface area (Å²) in [4.78, 5) is 0.108. The third kappa shape index (κ3) is 3.12. The van der Waals surface area contributed by atoms with Gasteiger partial charge in [0.25, 0.3) is 0 Å². The van der Waals surface area contributed by atoms with E-state index < -0.39 is 10.0 Å². The van der Waals surface area contributed by atoms with Gasteiger partial charge in [0, 0.05) is 25.2 Å². The normalized spacial score (nSPS) is 14.3. The first kappa shape index (κ1) is 15.6. The van der Waals surface area contributed by atoms with Crippen LogP contribution in [0.1, 0.15) is 25.3 Å². The van der Waals surface area contributed by atoms with Gasteiger partial charge in [-0.3, -0.25) is 0 Å². The van der Waals surface area contributed by atoms with Gasteiger partial charge in [0.15, 0.2) is 0 Å². The zero-order valence-electron chi connectivity index (χ0n) is 12.0. The summed E-state index contributed by atoms with van der Waals surface area (Å²) < 4.78 is 32.4. The van der Waals surface area contributed by atoms with Gasteiger partial charge in [-0.1, -0.05) is 6.92 Å². The number of hydrogen-bond acceptors (Lipinski definition) is 5. The zero-order chi connectivity index (χ0) is 15.5. The molecule has 0 fully saturated rings. The van der Waals surface area contributed by atoms with Gasteiger partial charge in [-0.15, -0.1) is 0 Å². The maximum absolute atomic E-state index is 12.8. The smallest absolute Gasteiger partial charge is 0.246 e. The summed E-state index contributed by atoms with van der Waals surface area (Å²) in [6, 6.07) is 5.17. The van der Waals surface area contributed by atoms with Crippen LogP contribution in [0.4, 0.5) is 5.69 Å². The van der Waals surface area contributed by atoms with Crippen LogP contribution in [0.15, 0.2) is 17.0 Å². The molecule has 0 atom stereocenters. The van der Waals surface area contributed by atoms with Gasteiger partial charge >= 0.3 is 0 Å². The van der Waals surface area contributed by atoms with Crippen molar-refractivity contribution in [3.05, 3.63) is 17.7 Å². The van der Waals surface area contributed by atoms with Gasteiger partial charge in [0.1, 0.15) is 10.6 Å². The van der Waals surface area contributed by atoms with E-state index in [1.54, 1.807) is 13.0 Å². The van der Waals surface area contributed by atoms with E-state index in [1.807, 2.05) is 6.07 Å². The van der Waals surface area contributed by atoms with Crippen molar-refractivity contribution in [2.45, 2.75) is 31.1 Å². The second-order valence-electron chi connectivity index (χ2n) is 4.86. The molecule has 1 aliphatic rings. The molecule has 2 rings (SSSR count). The number of rotatable bonds is 5. The third-order valence-corrected chi connectivity index (χ3v) is 5.41. The van der Waals surface area contributed by atoms with Crippen molar-refractivity contribution in [1.29, 1.82) is 5.26 Å². The minimum absolute atomic E-state index is 0.108. The number of nitrogens with zero attached hydrogens (tertiary/aromatic N) is 2. The van der Waals surface area contributed by atoms with Crippen LogP contribution < -0.4 is 10.5 Å². The lowest BCUT2D eigenvalue weighted by Gasteiger charge is -2.25. The lowest BCUT2D eigenvalue weighted by atomic mass is 10.1. The van der Waals surface area contributed by atoms with Crippen molar-refractivity contribution < 1.29 is 13.2 Å². The van der Waals surface area contributed by atoms with Gasteiger partial charge < -0.3 is 10.5 Å². The Morgan fingerprint density at radius 2 is 2.24 bits per heavy atom. The standard InChI is InChI=1S/C14H19N3O3S/c1-2-17(7-4-6-15)21(18,19)13-10-12(16)9-11-5-3-8-20-14(11)13/h9-10H,2-5,7-8,16H2,1H3. The molecule has 0 saturated carbocycles. The zero-order valence-corrected chi connectivity index (χ0v) is 12.8. The highest BCUT2D eigenvalue weighted by molar-refractivity contribution is 7.89. The molecular weight excluding hydrogens is 290 g/mol. The average molecular weight is 309 g/mol. The number of aryl methyl sites for hydroxylation is 1. The largest absolute Gasteiger partial charge is 0.492 e. The summed E-state index contributed by atoms with van der Waals surface area (Å²) in [6.45, 7) is 2.71. The minimum Gasteiger partial charge on any atom is -0.492 e. The summed E-state index contributed by atoms with van der Waals surface area (Å²) in [7, 11) is -3.71. The second-order valence-corrected chi connectivity index (χ2v) is 6.77. The first-order valence-electron chi connectivity index (χ1n) is 6.93. The predicted molar refractivity (Wildman–Crippen MR) is 79.3 cm³/mol. The number of anilines is 1. The number of hydrogen-bond donors (Lipinski definition) is 1. The van der Waals surface area contributed by atoms with Gasteiger partial charge in [-0.25, -0.2) is 8.42 Å². The molecule has 7 heteroatoms. The van der Waals surface area contributed by atoms with Gasteiger partial charge in [0.2, 0.25) is 10.0 Å². The fourth-order valence-electron chi connectivity index (χ4n) is 2.42. The highest BCUT2D eigenvalue weighted by Gasteiger charge is 2.29. The van der Waals surface area contributed by atoms with E-state index in [2.05, 4.69) is 0 Å². The maximum Gasteiger partial charge on any atom is 0.246 e. The van der Waals surface area contributed by atoms with E-state index in [-0.39, 0.29) is 17.9 Å². The number of benzene rings is 1. The van der Waals surface area contributed by atoms with Crippen LogP contribution in [0.3, 0.4) is 0 Å². The molecular formula is C14H19N3O3S. The van der Waals surface area contributed by atoms with Crippen LogP contribution in [0, 0.1) is 11.3 Å². The Morgan fingerprint density at radius 1 is 1.48 bits per heavy atom. The van der Waals surface area contributed by atoms with Gasteiger partial charge in [-0.05, 0) is 30.5 Å². The fourth-order valence-corrected chi connectivity index (χ4v) is 4.08. The Morgan fingerprint density at radius 3 is 2.90 bits per heavy atom. The molecule has 0 unspecified atom stereocenters. The molecule has 0 amide bonds. The molecule has 1 heterocycles. The number of nitrogens with two attached hydrogens (primary N) is 1. The summed E-state index contributed by atoms with van der Waals surface area (Å²) in [5.41, 5.74) is 7.07. The summed E-state index contributed by atoms with van der Waals surface area (Å²) in [6.07, 6.45) is 1.76. The molecule has 0 radical (unpaired) electrons. The fraction of sp³-hybridized carbons (Fsp3) is 0.500. The van der Waals surface area contributed by atoms with E-state index in [1.165, 1.54) is 10.4 Å². The lowest BCUT2D eigenvalue weighted by Crippen LogP contribution is -2.32. The van der Waals surface area contributed by atoms with Crippen molar-refractivity contribution >= 4 is 15.7 Å². The summed E-state index contributed by atoms with van der Waals surface area (Å²) in [5, 5.41) is 8.67. The molecule has 2 N–H and O–H groups in total.